The number of hydrogen-bond donors (Lipinski definition) is 4. The number of fused-ring (bicyclic) bond motifs is 1. The van der Waals surface area contributed by atoms with Crippen molar-refractivity contribution < 1.29 is 9.90 Å². The van der Waals surface area contributed by atoms with E-state index in [1.54, 1.807) is 12.3 Å². The largest absolute Gasteiger partial charge is 0.508 e. The number of rotatable bonds is 3. The lowest BCUT2D eigenvalue weighted by molar-refractivity contribution is 0.102. The van der Waals surface area contributed by atoms with Crippen LogP contribution in [0.5, 0.6) is 5.75 Å². The summed E-state index contributed by atoms with van der Waals surface area (Å²) in [5.41, 5.74) is 7.16. The summed E-state index contributed by atoms with van der Waals surface area (Å²) in [5.74, 6) is 0.00754. The van der Waals surface area contributed by atoms with Crippen molar-refractivity contribution in [1.29, 1.82) is 0 Å². The van der Waals surface area contributed by atoms with Crippen molar-refractivity contribution in [3.8, 4) is 17.0 Å². The summed E-state index contributed by atoms with van der Waals surface area (Å²) in [4.78, 5) is 20.2. The van der Waals surface area contributed by atoms with Gasteiger partial charge in [0.15, 0.2) is 5.69 Å². The van der Waals surface area contributed by atoms with Crippen molar-refractivity contribution in [1.82, 2.24) is 20.2 Å². The van der Waals surface area contributed by atoms with Gasteiger partial charge in [0, 0.05) is 27.9 Å². The van der Waals surface area contributed by atoms with Crippen LogP contribution in [0.2, 0.25) is 0 Å². The van der Waals surface area contributed by atoms with Crippen LogP contribution in [0, 0.1) is 27.7 Å². The molecule has 0 saturated heterocycles. The van der Waals surface area contributed by atoms with Gasteiger partial charge in [-0.3, -0.25) is 9.89 Å². The molecule has 1 aromatic carbocycles. The van der Waals surface area contributed by atoms with Crippen LogP contribution in [-0.2, 0) is 0 Å². The Morgan fingerprint density at radius 2 is 1.86 bits per heavy atom. The normalized spacial score (nSPS) is 11.1. The molecule has 28 heavy (non-hydrogen) atoms. The van der Waals surface area contributed by atoms with Crippen LogP contribution in [0.4, 0.5) is 5.69 Å². The maximum Gasteiger partial charge on any atom is 0.276 e. The van der Waals surface area contributed by atoms with Crippen LogP contribution < -0.4 is 5.32 Å². The van der Waals surface area contributed by atoms with E-state index >= 15 is 0 Å². The SMILES string of the molecule is Cc1[nH]nc(C(=O)Nc2cnc3[nH]c(-c4ccc(O)c(C)c4C)cc3c2)c1C. The zero-order chi connectivity index (χ0) is 20.0. The number of carbonyl (C=O) groups is 1. The lowest BCUT2D eigenvalue weighted by atomic mass is 10.00. The molecule has 4 aromatic rings. The van der Waals surface area contributed by atoms with Crippen molar-refractivity contribution in [2.45, 2.75) is 27.7 Å². The molecule has 1 amide bonds. The number of phenols is 1. The average molecular weight is 375 g/mol. The first-order valence-electron chi connectivity index (χ1n) is 8.96. The van der Waals surface area contributed by atoms with E-state index in [9.17, 15) is 9.90 Å². The van der Waals surface area contributed by atoms with Gasteiger partial charge >= 0.3 is 0 Å². The lowest BCUT2D eigenvalue weighted by Gasteiger charge is -2.08. The van der Waals surface area contributed by atoms with Crippen LogP contribution in [0.3, 0.4) is 0 Å². The van der Waals surface area contributed by atoms with Crippen LogP contribution >= 0.6 is 0 Å². The number of pyridine rings is 1. The first-order valence-corrected chi connectivity index (χ1v) is 8.96. The molecule has 0 saturated carbocycles. The summed E-state index contributed by atoms with van der Waals surface area (Å²) in [6, 6.07) is 7.43. The molecular weight excluding hydrogens is 354 g/mol. The minimum atomic E-state index is -0.274. The molecule has 3 aromatic heterocycles. The lowest BCUT2D eigenvalue weighted by Crippen LogP contribution is -2.13. The Morgan fingerprint density at radius 1 is 1.07 bits per heavy atom. The van der Waals surface area contributed by atoms with Crippen molar-refractivity contribution in [2.24, 2.45) is 0 Å². The number of aryl methyl sites for hydroxylation is 1. The summed E-state index contributed by atoms with van der Waals surface area (Å²) < 4.78 is 0. The van der Waals surface area contributed by atoms with Crippen LogP contribution in [0.15, 0.2) is 30.5 Å². The fraction of sp³-hybridized carbons (Fsp3) is 0.190. The van der Waals surface area contributed by atoms with E-state index in [1.165, 1.54) is 0 Å². The highest BCUT2D eigenvalue weighted by Crippen LogP contribution is 2.32. The number of anilines is 1. The Labute approximate surface area is 161 Å². The Kier molecular flexibility index (Phi) is 4.15. The smallest absolute Gasteiger partial charge is 0.276 e. The second-order valence-corrected chi connectivity index (χ2v) is 7.00. The number of aromatic nitrogens is 4. The predicted octanol–water partition coefficient (Wildman–Crippen LogP) is 4.14. The monoisotopic (exact) mass is 375 g/mol. The molecule has 0 spiro atoms. The number of phenolic OH excluding ortho intramolecular Hbond substituents is 1. The molecule has 7 heteroatoms. The molecule has 0 radical (unpaired) electrons. The number of aromatic hydroxyl groups is 1. The van der Waals surface area contributed by atoms with E-state index in [1.807, 2.05) is 45.9 Å². The molecule has 0 fully saturated rings. The van der Waals surface area contributed by atoms with E-state index < -0.39 is 0 Å². The van der Waals surface area contributed by atoms with Gasteiger partial charge in [-0.05, 0) is 63.1 Å². The Bertz CT molecular complexity index is 1220. The molecule has 0 atom stereocenters. The highest BCUT2D eigenvalue weighted by Gasteiger charge is 2.16. The molecule has 0 aliphatic heterocycles. The minimum absolute atomic E-state index is 0.274. The number of carbonyl (C=O) groups excluding carboxylic acids is 1. The summed E-state index contributed by atoms with van der Waals surface area (Å²) in [6.07, 6.45) is 1.62. The van der Waals surface area contributed by atoms with Gasteiger partial charge < -0.3 is 15.4 Å². The Hall–Kier alpha value is -3.61. The standard InChI is InChI=1S/C21H21N5O2/c1-10-11(2)18(27)6-5-16(10)17-8-14-7-15(9-22-20(14)24-17)23-21(28)19-12(3)13(4)25-26-19/h5-9,27H,1-4H3,(H,22,24)(H,23,28)(H,25,26). The summed E-state index contributed by atoms with van der Waals surface area (Å²) >= 11 is 0. The van der Waals surface area contributed by atoms with Gasteiger partial charge in [-0.1, -0.05) is 0 Å². The average Bonchev–Trinajstić information content (AvgIpc) is 3.23. The van der Waals surface area contributed by atoms with Gasteiger partial charge in [0.25, 0.3) is 5.91 Å². The van der Waals surface area contributed by atoms with Gasteiger partial charge in [-0.15, -0.1) is 0 Å². The van der Waals surface area contributed by atoms with Gasteiger partial charge in [-0.2, -0.15) is 5.10 Å². The van der Waals surface area contributed by atoms with E-state index in [2.05, 4.69) is 25.5 Å². The van der Waals surface area contributed by atoms with Gasteiger partial charge in [0.1, 0.15) is 11.4 Å². The molecule has 0 aliphatic rings. The molecule has 0 bridgehead atoms. The number of aromatic amines is 2. The van der Waals surface area contributed by atoms with E-state index in [-0.39, 0.29) is 11.7 Å². The quantitative estimate of drug-likeness (QED) is 0.431. The first kappa shape index (κ1) is 17.8. The Morgan fingerprint density at radius 3 is 2.57 bits per heavy atom. The fourth-order valence-electron chi connectivity index (χ4n) is 3.22. The first-order chi connectivity index (χ1) is 13.3. The maximum atomic E-state index is 12.5. The highest BCUT2D eigenvalue weighted by atomic mass is 16.3. The Balaban J connectivity index is 1.66. The van der Waals surface area contributed by atoms with E-state index in [4.69, 9.17) is 0 Å². The number of amides is 1. The number of H-pyrrole nitrogens is 2. The molecule has 0 unspecified atom stereocenters. The zero-order valence-corrected chi connectivity index (χ0v) is 16.1. The van der Waals surface area contributed by atoms with Crippen molar-refractivity contribution >= 4 is 22.6 Å². The van der Waals surface area contributed by atoms with E-state index in [0.29, 0.717) is 11.4 Å². The second-order valence-electron chi connectivity index (χ2n) is 7.00. The molecular formula is C21H21N5O2. The minimum Gasteiger partial charge on any atom is -0.508 e. The molecule has 0 aliphatic carbocycles. The summed E-state index contributed by atoms with van der Waals surface area (Å²) in [6.45, 7) is 7.60. The highest BCUT2D eigenvalue weighted by molar-refractivity contribution is 6.04. The van der Waals surface area contributed by atoms with Crippen molar-refractivity contribution in [2.75, 3.05) is 5.32 Å². The topological polar surface area (TPSA) is 107 Å². The van der Waals surface area contributed by atoms with Gasteiger partial charge in [0.05, 0.1) is 11.9 Å². The molecule has 4 N–H and O–H groups in total. The number of nitrogens with zero attached hydrogens (tertiary/aromatic N) is 2. The van der Waals surface area contributed by atoms with Crippen LogP contribution in [-0.4, -0.2) is 31.2 Å². The van der Waals surface area contributed by atoms with E-state index in [0.717, 1.165) is 44.7 Å². The third kappa shape index (κ3) is 2.90. The van der Waals surface area contributed by atoms with Crippen LogP contribution in [0.25, 0.3) is 22.3 Å². The zero-order valence-electron chi connectivity index (χ0n) is 16.1. The molecule has 3 heterocycles. The third-order valence-electron chi connectivity index (χ3n) is 5.24. The third-order valence-corrected chi connectivity index (χ3v) is 5.24. The van der Waals surface area contributed by atoms with Gasteiger partial charge in [0.2, 0.25) is 0 Å². The van der Waals surface area contributed by atoms with Gasteiger partial charge in [-0.25, -0.2) is 4.98 Å². The number of hydrogen-bond acceptors (Lipinski definition) is 4. The fourth-order valence-corrected chi connectivity index (χ4v) is 3.22. The predicted molar refractivity (Wildman–Crippen MR) is 109 cm³/mol. The van der Waals surface area contributed by atoms with Crippen molar-refractivity contribution in [3.05, 3.63) is 58.5 Å². The summed E-state index contributed by atoms with van der Waals surface area (Å²) in [5, 5.41) is 20.5. The number of nitrogens with one attached hydrogen (secondary N) is 3. The maximum absolute atomic E-state index is 12.5. The molecule has 7 nitrogen and oxygen atoms in total. The van der Waals surface area contributed by atoms with Crippen molar-refractivity contribution in [3.63, 3.8) is 0 Å². The van der Waals surface area contributed by atoms with Crippen LogP contribution in [0.1, 0.15) is 32.9 Å². The number of benzene rings is 1. The molecule has 4 rings (SSSR count). The molecule has 142 valence electrons. The second kappa shape index (κ2) is 6.53. The summed E-state index contributed by atoms with van der Waals surface area (Å²) in [7, 11) is 0.